The topological polar surface area (TPSA) is 32.3 Å². The van der Waals surface area contributed by atoms with E-state index in [0.29, 0.717) is 5.92 Å². The van der Waals surface area contributed by atoms with Gasteiger partial charge in [0.1, 0.15) is 0 Å². The standard InChI is InChI=1S/C15H22N2O/c1-3-12(2)14-15(18)17(10-9-16-14)11-13-7-5-4-6-8-13/h4-8,12,14,16H,3,9-11H2,1-2H3/t12?,14-/m0/s1. The molecule has 3 nitrogen and oxygen atoms in total. The lowest BCUT2D eigenvalue weighted by Gasteiger charge is -2.35. The van der Waals surface area contributed by atoms with Crippen molar-refractivity contribution in [3.8, 4) is 0 Å². The zero-order chi connectivity index (χ0) is 13.0. The lowest BCUT2D eigenvalue weighted by Crippen LogP contribution is -2.56. The van der Waals surface area contributed by atoms with Crippen LogP contribution in [0.4, 0.5) is 0 Å². The summed E-state index contributed by atoms with van der Waals surface area (Å²) in [5.41, 5.74) is 1.20. The van der Waals surface area contributed by atoms with E-state index in [0.717, 1.165) is 26.1 Å². The highest BCUT2D eigenvalue weighted by Crippen LogP contribution is 2.15. The molecule has 1 aromatic carbocycles. The molecule has 98 valence electrons. The summed E-state index contributed by atoms with van der Waals surface area (Å²) < 4.78 is 0. The van der Waals surface area contributed by atoms with E-state index in [2.05, 4.69) is 31.3 Å². The van der Waals surface area contributed by atoms with Crippen molar-refractivity contribution < 1.29 is 4.79 Å². The highest BCUT2D eigenvalue weighted by atomic mass is 16.2. The Balaban J connectivity index is 2.03. The Kier molecular flexibility index (Phi) is 4.37. The predicted molar refractivity (Wildman–Crippen MR) is 73.1 cm³/mol. The van der Waals surface area contributed by atoms with Crippen molar-refractivity contribution in [2.45, 2.75) is 32.9 Å². The third kappa shape index (κ3) is 2.91. The second-order valence-corrected chi connectivity index (χ2v) is 5.06. The van der Waals surface area contributed by atoms with Crippen molar-refractivity contribution in [2.24, 2.45) is 5.92 Å². The number of nitrogens with zero attached hydrogens (tertiary/aromatic N) is 1. The van der Waals surface area contributed by atoms with Crippen LogP contribution in [0.5, 0.6) is 0 Å². The number of piperazine rings is 1. The van der Waals surface area contributed by atoms with Crippen molar-refractivity contribution in [3.63, 3.8) is 0 Å². The molecule has 0 aromatic heterocycles. The van der Waals surface area contributed by atoms with E-state index in [1.165, 1.54) is 5.56 Å². The lowest BCUT2D eigenvalue weighted by atomic mass is 9.96. The summed E-state index contributed by atoms with van der Waals surface area (Å²) in [6.45, 7) is 6.71. The minimum atomic E-state index is -0.00698. The first kappa shape index (κ1) is 13.1. The quantitative estimate of drug-likeness (QED) is 0.881. The molecule has 1 amide bonds. The second-order valence-electron chi connectivity index (χ2n) is 5.06. The van der Waals surface area contributed by atoms with Gasteiger partial charge >= 0.3 is 0 Å². The van der Waals surface area contributed by atoms with Crippen LogP contribution < -0.4 is 5.32 Å². The fourth-order valence-electron chi connectivity index (χ4n) is 2.39. The summed E-state index contributed by atoms with van der Waals surface area (Å²) in [7, 11) is 0. The summed E-state index contributed by atoms with van der Waals surface area (Å²) in [4.78, 5) is 14.4. The Morgan fingerprint density at radius 3 is 2.78 bits per heavy atom. The fourth-order valence-corrected chi connectivity index (χ4v) is 2.39. The number of amides is 1. The van der Waals surface area contributed by atoms with Gasteiger partial charge in [0.15, 0.2) is 0 Å². The first-order chi connectivity index (χ1) is 8.72. The smallest absolute Gasteiger partial charge is 0.240 e. The molecule has 0 bridgehead atoms. The van der Waals surface area contributed by atoms with Crippen molar-refractivity contribution in [2.75, 3.05) is 13.1 Å². The van der Waals surface area contributed by atoms with E-state index in [-0.39, 0.29) is 11.9 Å². The van der Waals surface area contributed by atoms with Gasteiger partial charge in [0, 0.05) is 19.6 Å². The zero-order valence-corrected chi connectivity index (χ0v) is 11.2. The van der Waals surface area contributed by atoms with Crippen LogP contribution in [0, 0.1) is 5.92 Å². The molecule has 1 fully saturated rings. The molecular weight excluding hydrogens is 224 g/mol. The highest BCUT2D eigenvalue weighted by molar-refractivity contribution is 5.83. The Labute approximate surface area is 109 Å². The van der Waals surface area contributed by atoms with E-state index >= 15 is 0 Å². The Morgan fingerprint density at radius 1 is 1.39 bits per heavy atom. The van der Waals surface area contributed by atoms with Crippen molar-refractivity contribution >= 4 is 5.91 Å². The van der Waals surface area contributed by atoms with Gasteiger partial charge < -0.3 is 10.2 Å². The number of hydrogen-bond acceptors (Lipinski definition) is 2. The Morgan fingerprint density at radius 2 is 2.11 bits per heavy atom. The van der Waals surface area contributed by atoms with Gasteiger partial charge in [-0.1, -0.05) is 50.6 Å². The molecule has 2 atom stereocenters. The molecule has 1 aliphatic heterocycles. The van der Waals surface area contributed by atoms with Crippen LogP contribution in [0.25, 0.3) is 0 Å². The first-order valence-electron chi connectivity index (χ1n) is 6.78. The van der Waals surface area contributed by atoms with Gasteiger partial charge in [-0.05, 0) is 11.5 Å². The van der Waals surface area contributed by atoms with Gasteiger partial charge in [0.2, 0.25) is 5.91 Å². The minimum absolute atomic E-state index is 0.00698. The maximum atomic E-state index is 12.4. The number of benzene rings is 1. The molecule has 1 aliphatic rings. The molecule has 0 radical (unpaired) electrons. The summed E-state index contributed by atoms with van der Waals surface area (Å²) in [6.07, 6.45) is 1.03. The van der Waals surface area contributed by atoms with Crippen LogP contribution in [0.3, 0.4) is 0 Å². The number of carbonyl (C=O) groups is 1. The number of carbonyl (C=O) groups excluding carboxylic acids is 1. The summed E-state index contributed by atoms with van der Waals surface area (Å²) in [5.74, 6) is 0.649. The van der Waals surface area contributed by atoms with Crippen molar-refractivity contribution in [1.82, 2.24) is 10.2 Å². The van der Waals surface area contributed by atoms with Crippen LogP contribution in [0.1, 0.15) is 25.8 Å². The van der Waals surface area contributed by atoms with Gasteiger partial charge in [-0.2, -0.15) is 0 Å². The maximum Gasteiger partial charge on any atom is 0.240 e. The molecule has 0 saturated carbocycles. The van der Waals surface area contributed by atoms with Gasteiger partial charge in [-0.15, -0.1) is 0 Å². The SMILES string of the molecule is CCC(C)[C@@H]1NCCN(Cc2ccccc2)C1=O. The van der Waals surface area contributed by atoms with Gasteiger partial charge in [-0.25, -0.2) is 0 Å². The molecule has 3 heteroatoms. The monoisotopic (exact) mass is 246 g/mol. The normalized spacial score (nSPS) is 22.0. The minimum Gasteiger partial charge on any atom is -0.336 e. The molecule has 18 heavy (non-hydrogen) atoms. The van der Waals surface area contributed by atoms with Gasteiger partial charge in [0.25, 0.3) is 0 Å². The molecule has 1 saturated heterocycles. The summed E-state index contributed by atoms with van der Waals surface area (Å²) in [5, 5.41) is 3.34. The van der Waals surface area contributed by atoms with Crippen LogP contribution in [-0.4, -0.2) is 29.9 Å². The molecule has 1 heterocycles. The van der Waals surface area contributed by atoms with Crippen LogP contribution >= 0.6 is 0 Å². The average Bonchev–Trinajstić information content (AvgIpc) is 2.41. The fraction of sp³-hybridized carbons (Fsp3) is 0.533. The van der Waals surface area contributed by atoms with Crippen LogP contribution in [-0.2, 0) is 11.3 Å². The van der Waals surface area contributed by atoms with Crippen molar-refractivity contribution in [1.29, 1.82) is 0 Å². The number of nitrogens with one attached hydrogen (secondary N) is 1. The van der Waals surface area contributed by atoms with E-state index in [1.54, 1.807) is 0 Å². The van der Waals surface area contributed by atoms with E-state index in [9.17, 15) is 4.79 Å². The largest absolute Gasteiger partial charge is 0.336 e. The average molecular weight is 246 g/mol. The summed E-state index contributed by atoms with van der Waals surface area (Å²) >= 11 is 0. The molecule has 1 aromatic rings. The third-order valence-corrected chi connectivity index (χ3v) is 3.75. The maximum absolute atomic E-state index is 12.4. The van der Waals surface area contributed by atoms with Gasteiger partial charge in [-0.3, -0.25) is 4.79 Å². The third-order valence-electron chi connectivity index (χ3n) is 3.75. The zero-order valence-electron chi connectivity index (χ0n) is 11.2. The molecule has 0 spiro atoms. The van der Waals surface area contributed by atoms with E-state index in [4.69, 9.17) is 0 Å². The first-order valence-corrected chi connectivity index (χ1v) is 6.78. The molecule has 1 N–H and O–H groups in total. The van der Waals surface area contributed by atoms with E-state index < -0.39 is 0 Å². The van der Waals surface area contributed by atoms with Crippen LogP contribution in [0.2, 0.25) is 0 Å². The second kappa shape index (κ2) is 6.01. The Hall–Kier alpha value is -1.35. The molecule has 2 rings (SSSR count). The molecule has 0 aliphatic carbocycles. The summed E-state index contributed by atoms with van der Waals surface area (Å²) in [6, 6.07) is 10.2. The number of hydrogen-bond donors (Lipinski definition) is 1. The lowest BCUT2D eigenvalue weighted by molar-refractivity contribution is -0.137. The molecule has 1 unspecified atom stereocenters. The molecular formula is C15H22N2O. The highest BCUT2D eigenvalue weighted by Gasteiger charge is 2.31. The van der Waals surface area contributed by atoms with Crippen LogP contribution in [0.15, 0.2) is 30.3 Å². The number of rotatable bonds is 4. The predicted octanol–water partition coefficient (Wildman–Crippen LogP) is 2.03. The van der Waals surface area contributed by atoms with E-state index in [1.807, 2.05) is 23.1 Å². The Bertz CT molecular complexity index is 391. The van der Waals surface area contributed by atoms with Gasteiger partial charge in [0.05, 0.1) is 6.04 Å². The van der Waals surface area contributed by atoms with Crippen molar-refractivity contribution in [3.05, 3.63) is 35.9 Å².